The summed E-state index contributed by atoms with van der Waals surface area (Å²) in [6.07, 6.45) is 0. The Kier molecular flexibility index (Phi) is 2.24. The number of hydrogen-bond acceptors (Lipinski definition) is 2. The minimum atomic E-state index is 0.0123. The summed E-state index contributed by atoms with van der Waals surface area (Å²) in [7, 11) is 0. The summed E-state index contributed by atoms with van der Waals surface area (Å²) in [4.78, 5) is 0. The molecule has 1 aromatic rings. The average Bonchev–Trinajstić information content (AvgIpc) is 2.07. The van der Waals surface area contributed by atoms with E-state index in [1.165, 1.54) is 5.31 Å². The topological polar surface area (TPSA) is 32.3 Å². The van der Waals surface area contributed by atoms with Crippen LogP contribution in [0.2, 0.25) is 1.41 Å². The van der Waals surface area contributed by atoms with Crippen LogP contribution in [0.3, 0.4) is 0 Å². The molecule has 10 heavy (non-hydrogen) atoms. The lowest BCUT2D eigenvalue weighted by molar-refractivity contribution is 0.311. The number of hydrogen-bond donors (Lipinski definition) is 2. The Bertz CT molecular complexity index is 203. The predicted molar refractivity (Wildman–Crippen MR) is 42.0 cm³/mol. The van der Waals surface area contributed by atoms with Gasteiger partial charge in [0.05, 0.1) is 6.61 Å². The van der Waals surface area contributed by atoms with Gasteiger partial charge >= 0.3 is 0 Å². The molecule has 0 radical (unpaired) electrons. The molecule has 0 aromatic heterocycles. The molecule has 2 N–H and O–H groups in total. The lowest BCUT2D eigenvalue weighted by Gasteiger charge is -2.01. The summed E-state index contributed by atoms with van der Waals surface area (Å²) in [6.45, 7) is 0.363. The van der Waals surface area contributed by atoms with Crippen LogP contribution in [0.15, 0.2) is 30.3 Å². The Balaban J connectivity index is 2.61. The normalized spacial score (nSPS) is 10.7. The Morgan fingerprint density at radius 3 is 2.70 bits per heavy atom. The van der Waals surface area contributed by atoms with Crippen molar-refractivity contribution in [1.29, 1.82) is 0 Å². The van der Waals surface area contributed by atoms with Crippen LogP contribution in [0.25, 0.3) is 0 Å². The highest BCUT2D eigenvalue weighted by Gasteiger charge is 1.84. The van der Waals surface area contributed by atoms with Crippen molar-refractivity contribution in [3.05, 3.63) is 30.3 Å². The minimum absolute atomic E-state index is 0.0123. The van der Waals surface area contributed by atoms with Crippen molar-refractivity contribution in [2.24, 2.45) is 0 Å². The molecule has 0 heterocycles. The van der Waals surface area contributed by atoms with E-state index in [9.17, 15) is 0 Å². The van der Waals surface area contributed by atoms with Crippen molar-refractivity contribution >= 4 is 5.69 Å². The fraction of sp³-hybridized carbons (Fsp3) is 0.250. The van der Waals surface area contributed by atoms with E-state index in [1.54, 1.807) is 0 Å². The second kappa shape index (κ2) is 3.90. The number of para-hydroxylation sites is 1. The number of anilines is 1. The Hall–Kier alpha value is -1.02. The standard InChI is InChI=1S/C8H11NO/c10-7-6-9-8-4-2-1-3-5-8/h1-5,9-10H,6-7H2/i/hD. The highest BCUT2D eigenvalue weighted by atomic mass is 16.3. The molecule has 0 aliphatic heterocycles. The second-order valence-corrected chi connectivity index (χ2v) is 1.94. The highest BCUT2D eigenvalue weighted by molar-refractivity contribution is 5.42. The Morgan fingerprint density at radius 1 is 1.40 bits per heavy atom. The van der Waals surface area contributed by atoms with Crippen LogP contribution >= 0.6 is 0 Å². The molecular weight excluding hydrogens is 126 g/mol. The van der Waals surface area contributed by atoms with Gasteiger partial charge in [-0.25, -0.2) is 0 Å². The van der Waals surface area contributed by atoms with E-state index in [-0.39, 0.29) is 6.61 Å². The van der Waals surface area contributed by atoms with Crippen LogP contribution in [0.5, 0.6) is 0 Å². The van der Waals surface area contributed by atoms with Gasteiger partial charge in [-0.2, -0.15) is 0 Å². The maximum atomic E-state index is 8.54. The first-order chi connectivity index (χ1) is 5.34. The molecule has 0 saturated carbocycles. The van der Waals surface area contributed by atoms with E-state index < -0.39 is 0 Å². The molecule has 0 unspecified atom stereocenters. The molecule has 0 atom stereocenters. The summed E-state index contributed by atoms with van der Waals surface area (Å²) < 4.78 is 7.39. The lowest BCUT2D eigenvalue weighted by atomic mass is 10.3. The summed E-state index contributed by atoms with van der Waals surface area (Å²) in [5, 5.41) is 9.80. The van der Waals surface area contributed by atoms with E-state index in [1.807, 2.05) is 30.3 Å². The number of aliphatic hydroxyl groups excluding tert-OH is 1. The van der Waals surface area contributed by atoms with Crippen LogP contribution in [0, 0.1) is 0 Å². The third-order valence-corrected chi connectivity index (χ3v) is 1.15. The predicted octanol–water partition coefficient (Wildman–Crippen LogP) is 1.09. The molecule has 0 spiro atoms. The quantitative estimate of drug-likeness (QED) is 0.655. The third-order valence-electron chi connectivity index (χ3n) is 1.15. The van der Waals surface area contributed by atoms with Gasteiger partial charge in [0.25, 0.3) is 0 Å². The molecule has 0 saturated heterocycles. The van der Waals surface area contributed by atoms with Gasteiger partial charge in [-0.3, -0.25) is 0 Å². The van der Waals surface area contributed by atoms with Crippen molar-refractivity contribution in [2.45, 2.75) is 0 Å². The zero-order valence-electron chi connectivity index (χ0n) is 6.70. The fourth-order valence-electron chi connectivity index (χ4n) is 0.713. The van der Waals surface area contributed by atoms with Crippen LogP contribution in [0.4, 0.5) is 5.69 Å². The van der Waals surface area contributed by atoms with Crippen LogP contribution < -0.4 is 5.31 Å². The Morgan fingerprint density at radius 2 is 2.10 bits per heavy atom. The maximum absolute atomic E-state index is 8.54. The van der Waals surface area contributed by atoms with Gasteiger partial charge in [0, 0.05) is 12.2 Å². The Labute approximate surface area is 62.0 Å². The molecule has 0 bridgehead atoms. The van der Waals surface area contributed by atoms with Crippen molar-refractivity contribution in [2.75, 3.05) is 18.5 Å². The molecule has 0 aliphatic carbocycles. The third kappa shape index (κ3) is 2.07. The van der Waals surface area contributed by atoms with Gasteiger partial charge in [-0.1, -0.05) is 18.2 Å². The van der Waals surface area contributed by atoms with E-state index >= 15 is 0 Å². The molecule has 0 amide bonds. The van der Waals surface area contributed by atoms with Gasteiger partial charge in [-0.15, -0.1) is 0 Å². The lowest BCUT2D eigenvalue weighted by Crippen LogP contribution is -2.04. The van der Waals surface area contributed by atoms with E-state index in [2.05, 4.69) is 0 Å². The van der Waals surface area contributed by atoms with Gasteiger partial charge in [0.1, 0.15) is 0 Å². The number of rotatable bonds is 3. The zero-order chi connectivity index (χ0) is 8.10. The average molecular weight is 138 g/mol. The summed E-state index contributed by atoms with van der Waals surface area (Å²) >= 11 is 0. The number of nitrogens with one attached hydrogen (secondary N) is 1. The summed E-state index contributed by atoms with van der Waals surface area (Å²) in [6, 6.07) is 9.31. The first kappa shape index (κ1) is 5.74. The summed E-state index contributed by atoms with van der Waals surface area (Å²) in [5.74, 6) is 0. The molecule has 0 aliphatic rings. The summed E-state index contributed by atoms with van der Waals surface area (Å²) in [5.41, 5.74) is 0.807. The largest absolute Gasteiger partial charge is 0.395 e. The maximum Gasteiger partial charge on any atom is 0.160 e. The van der Waals surface area contributed by atoms with E-state index in [4.69, 9.17) is 6.52 Å². The highest BCUT2D eigenvalue weighted by Crippen LogP contribution is 2.02. The number of aliphatic hydroxyl groups is 1. The second-order valence-electron chi connectivity index (χ2n) is 1.94. The fourth-order valence-corrected chi connectivity index (χ4v) is 0.713. The van der Waals surface area contributed by atoms with Crippen molar-refractivity contribution in [3.8, 4) is 0 Å². The minimum Gasteiger partial charge on any atom is -0.395 e. The number of benzene rings is 1. The van der Waals surface area contributed by atoms with Crippen molar-refractivity contribution in [3.63, 3.8) is 0 Å². The molecular formula is C8H11NO. The van der Waals surface area contributed by atoms with Crippen molar-refractivity contribution in [1.82, 2.24) is 0 Å². The van der Waals surface area contributed by atoms with Crippen molar-refractivity contribution < 1.29 is 6.52 Å². The first-order valence-electron chi connectivity index (χ1n) is 3.71. The van der Waals surface area contributed by atoms with E-state index in [0.717, 1.165) is 5.69 Å². The molecule has 1 rings (SSSR count). The molecule has 1 aromatic carbocycles. The monoisotopic (exact) mass is 138 g/mol. The van der Waals surface area contributed by atoms with Crippen LogP contribution in [0.1, 0.15) is 0 Å². The molecule has 0 fully saturated rings. The van der Waals surface area contributed by atoms with Gasteiger partial charge < -0.3 is 10.4 Å². The smallest absolute Gasteiger partial charge is 0.160 e. The van der Waals surface area contributed by atoms with Crippen LogP contribution in [-0.4, -0.2) is 18.3 Å². The van der Waals surface area contributed by atoms with Crippen LogP contribution in [-0.2, 0) is 0 Å². The van der Waals surface area contributed by atoms with Gasteiger partial charge in [0.15, 0.2) is 1.41 Å². The van der Waals surface area contributed by atoms with E-state index in [0.29, 0.717) is 6.54 Å². The molecule has 2 heteroatoms. The van der Waals surface area contributed by atoms with Gasteiger partial charge in [0.2, 0.25) is 0 Å². The zero-order valence-corrected chi connectivity index (χ0v) is 5.70. The molecule has 2 nitrogen and oxygen atoms in total. The molecule has 54 valence electrons. The first-order valence-corrected chi connectivity index (χ1v) is 3.27. The van der Waals surface area contributed by atoms with Gasteiger partial charge in [-0.05, 0) is 12.1 Å². The SMILES string of the molecule is [2H]N(CCO)c1ccccc1.